The summed E-state index contributed by atoms with van der Waals surface area (Å²) in [6, 6.07) is 15.3. The number of carbonyl (C=O) groups excluding carboxylic acids is 2. The molecule has 0 bridgehead atoms. The Labute approximate surface area is 162 Å². The summed E-state index contributed by atoms with van der Waals surface area (Å²) in [5.41, 5.74) is 3.35. The molecule has 0 aliphatic rings. The summed E-state index contributed by atoms with van der Waals surface area (Å²) < 4.78 is 5.62. The maximum atomic E-state index is 12.4. The lowest BCUT2D eigenvalue weighted by Gasteiger charge is -2.12. The third-order valence-electron chi connectivity index (χ3n) is 4.19. The third-order valence-corrected chi connectivity index (χ3v) is 5.02. The number of para-hydroxylation sites is 2. The van der Waals surface area contributed by atoms with Crippen LogP contribution < -0.4 is 5.32 Å². The predicted molar refractivity (Wildman–Crippen MR) is 107 cm³/mol. The summed E-state index contributed by atoms with van der Waals surface area (Å²) in [6.07, 6.45) is 1.72. The Morgan fingerprint density at radius 1 is 1.15 bits per heavy atom. The second-order valence-electron chi connectivity index (χ2n) is 6.50. The zero-order chi connectivity index (χ0) is 19.2. The van der Waals surface area contributed by atoms with Crippen LogP contribution in [-0.2, 0) is 11.2 Å². The van der Waals surface area contributed by atoms with Crippen molar-refractivity contribution in [2.45, 2.75) is 38.0 Å². The summed E-state index contributed by atoms with van der Waals surface area (Å²) in [4.78, 5) is 27.8. The van der Waals surface area contributed by atoms with Crippen molar-refractivity contribution in [2.75, 3.05) is 5.75 Å². The van der Waals surface area contributed by atoms with E-state index in [1.54, 1.807) is 0 Å². The molecule has 1 aromatic heterocycles. The number of hydrogen-bond acceptors (Lipinski definition) is 5. The zero-order valence-corrected chi connectivity index (χ0v) is 16.2. The summed E-state index contributed by atoms with van der Waals surface area (Å²) in [7, 11) is 0. The molecule has 1 amide bonds. The Morgan fingerprint density at radius 2 is 1.89 bits per heavy atom. The summed E-state index contributed by atoms with van der Waals surface area (Å²) in [5.74, 6) is 0.312. The van der Waals surface area contributed by atoms with Crippen molar-refractivity contribution < 1.29 is 14.0 Å². The number of aromatic nitrogens is 1. The van der Waals surface area contributed by atoms with Crippen molar-refractivity contribution in [3.05, 3.63) is 59.7 Å². The normalized spacial score (nSPS) is 12.1. The van der Waals surface area contributed by atoms with Gasteiger partial charge in [-0.2, -0.15) is 0 Å². The fourth-order valence-electron chi connectivity index (χ4n) is 2.78. The van der Waals surface area contributed by atoms with Gasteiger partial charge in [-0.25, -0.2) is 4.98 Å². The van der Waals surface area contributed by atoms with Crippen molar-refractivity contribution in [2.24, 2.45) is 0 Å². The quantitative estimate of drug-likeness (QED) is 0.465. The van der Waals surface area contributed by atoms with Crippen molar-refractivity contribution >= 4 is 34.6 Å². The summed E-state index contributed by atoms with van der Waals surface area (Å²) in [5, 5.41) is 3.38. The molecule has 6 heteroatoms. The van der Waals surface area contributed by atoms with Gasteiger partial charge in [-0.1, -0.05) is 48.2 Å². The number of ketones is 1. The van der Waals surface area contributed by atoms with E-state index < -0.39 is 0 Å². The molecule has 2 aromatic carbocycles. The van der Waals surface area contributed by atoms with Crippen LogP contribution in [0.15, 0.2) is 58.2 Å². The minimum Gasteiger partial charge on any atom is -0.431 e. The number of oxazole rings is 1. The van der Waals surface area contributed by atoms with Crippen molar-refractivity contribution in [3.63, 3.8) is 0 Å². The standard InChI is InChI=1S/C21H22N2O3S/c1-14(22-15(2)24)7-8-16-9-11-17(12-10-16)19(25)13-27-21-23-18-5-3-4-6-20(18)26-21/h3-6,9-12,14H,7-8,13H2,1-2H3,(H,22,24). The Morgan fingerprint density at radius 3 is 2.59 bits per heavy atom. The molecule has 0 aliphatic heterocycles. The first-order chi connectivity index (χ1) is 13.0. The molecular weight excluding hydrogens is 360 g/mol. The minimum absolute atomic E-state index is 0.0140. The monoisotopic (exact) mass is 382 g/mol. The molecule has 3 rings (SSSR count). The number of aryl methyl sites for hydroxylation is 1. The van der Waals surface area contributed by atoms with Crippen LogP contribution in [0.4, 0.5) is 0 Å². The number of thioether (sulfide) groups is 1. The second kappa shape index (κ2) is 8.86. The highest BCUT2D eigenvalue weighted by Gasteiger charge is 2.11. The van der Waals surface area contributed by atoms with Gasteiger partial charge in [0.2, 0.25) is 5.91 Å². The number of benzene rings is 2. The molecular formula is C21H22N2O3S. The zero-order valence-electron chi connectivity index (χ0n) is 15.4. The molecule has 3 aromatic rings. The average molecular weight is 382 g/mol. The number of hydrogen-bond donors (Lipinski definition) is 1. The van der Waals surface area contributed by atoms with E-state index in [9.17, 15) is 9.59 Å². The fourth-order valence-corrected chi connectivity index (χ4v) is 3.52. The van der Waals surface area contributed by atoms with Gasteiger partial charge in [0.25, 0.3) is 5.22 Å². The van der Waals surface area contributed by atoms with Gasteiger partial charge in [0, 0.05) is 18.5 Å². The van der Waals surface area contributed by atoms with Gasteiger partial charge in [0.05, 0.1) is 5.75 Å². The predicted octanol–water partition coefficient (Wildman–Crippen LogP) is 4.26. The molecule has 0 saturated heterocycles. The maximum absolute atomic E-state index is 12.4. The molecule has 1 heterocycles. The molecule has 0 spiro atoms. The largest absolute Gasteiger partial charge is 0.431 e. The number of fused-ring (bicyclic) bond motifs is 1. The minimum atomic E-state index is -0.0140. The Kier molecular flexibility index (Phi) is 6.29. The van der Waals surface area contributed by atoms with Gasteiger partial charge in [-0.05, 0) is 37.5 Å². The van der Waals surface area contributed by atoms with Gasteiger partial charge in [-0.3, -0.25) is 9.59 Å². The maximum Gasteiger partial charge on any atom is 0.257 e. The van der Waals surface area contributed by atoms with Crippen LogP contribution in [0.5, 0.6) is 0 Å². The molecule has 5 nitrogen and oxygen atoms in total. The highest BCUT2D eigenvalue weighted by molar-refractivity contribution is 7.99. The first-order valence-corrected chi connectivity index (χ1v) is 9.87. The van der Waals surface area contributed by atoms with Gasteiger partial charge in [0.15, 0.2) is 11.4 Å². The van der Waals surface area contributed by atoms with Crippen LogP contribution in [0, 0.1) is 0 Å². The van der Waals surface area contributed by atoms with Crippen molar-refractivity contribution in [3.8, 4) is 0 Å². The Bertz CT molecular complexity index is 901. The van der Waals surface area contributed by atoms with Gasteiger partial charge >= 0.3 is 0 Å². The smallest absolute Gasteiger partial charge is 0.257 e. The highest BCUT2D eigenvalue weighted by atomic mass is 32.2. The molecule has 140 valence electrons. The number of amides is 1. The first-order valence-electron chi connectivity index (χ1n) is 8.89. The molecule has 0 fully saturated rings. The molecule has 0 aliphatic carbocycles. The van der Waals surface area contributed by atoms with Crippen LogP contribution >= 0.6 is 11.8 Å². The first kappa shape index (κ1) is 19.2. The molecule has 27 heavy (non-hydrogen) atoms. The van der Waals surface area contributed by atoms with Crippen LogP contribution in [0.2, 0.25) is 0 Å². The van der Waals surface area contributed by atoms with Crippen LogP contribution in [0.1, 0.15) is 36.2 Å². The van der Waals surface area contributed by atoms with Crippen LogP contribution in [0.3, 0.4) is 0 Å². The molecule has 1 N–H and O–H groups in total. The van der Waals surface area contributed by atoms with E-state index in [4.69, 9.17) is 4.42 Å². The van der Waals surface area contributed by atoms with Gasteiger partial charge in [-0.15, -0.1) is 0 Å². The van der Waals surface area contributed by atoms with E-state index in [1.165, 1.54) is 18.7 Å². The van der Waals surface area contributed by atoms with E-state index in [2.05, 4.69) is 10.3 Å². The van der Waals surface area contributed by atoms with Crippen LogP contribution in [-0.4, -0.2) is 28.5 Å². The summed E-state index contributed by atoms with van der Waals surface area (Å²) >= 11 is 1.31. The van der Waals surface area contributed by atoms with Gasteiger partial charge < -0.3 is 9.73 Å². The van der Waals surface area contributed by atoms with Gasteiger partial charge in [0.1, 0.15) is 5.52 Å². The van der Waals surface area contributed by atoms with Crippen molar-refractivity contribution in [1.29, 1.82) is 0 Å². The topological polar surface area (TPSA) is 72.2 Å². The Balaban J connectivity index is 1.51. The second-order valence-corrected chi connectivity index (χ2v) is 7.42. The number of rotatable bonds is 8. The fraction of sp³-hybridized carbons (Fsp3) is 0.286. The van der Waals surface area contributed by atoms with E-state index in [1.807, 2.05) is 55.5 Å². The van der Waals surface area contributed by atoms with Crippen molar-refractivity contribution in [1.82, 2.24) is 10.3 Å². The number of nitrogens with zero attached hydrogens (tertiary/aromatic N) is 1. The van der Waals surface area contributed by atoms with Crippen LogP contribution in [0.25, 0.3) is 11.1 Å². The molecule has 0 radical (unpaired) electrons. The van der Waals surface area contributed by atoms with E-state index in [-0.39, 0.29) is 23.5 Å². The Hall–Kier alpha value is -2.60. The number of carbonyl (C=O) groups is 2. The van der Waals surface area contributed by atoms with E-state index >= 15 is 0 Å². The number of Topliss-reactive ketones (excluding diaryl/α,β-unsaturated/α-hetero) is 1. The molecule has 1 atom stereocenters. The highest BCUT2D eigenvalue weighted by Crippen LogP contribution is 2.24. The third kappa shape index (κ3) is 5.44. The SMILES string of the molecule is CC(=O)NC(C)CCc1ccc(C(=O)CSc2nc3ccccc3o2)cc1. The molecule has 0 saturated carbocycles. The summed E-state index contributed by atoms with van der Waals surface area (Å²) in [6.45, 7) is 3.51. The molecule has 1 unspecified atom stereocenters. The van der Waals surface area contributed by atoms with E-state index in [0.717, 1.165) is 29.5 Å². The lowest BCUT2D eigenvalue weighted by molar-refractivity contribution is -0.119. The lowest BCUT2D eigenvalue weighted by Crippen LogP contribution is -2.30. The number of nitrogens with one attached hydrogen (secondary N) is 1. The van der Waals surface area contributed by atoms with E-state index in [0.29, 0.717) is 10.8 Å². The lowest BCUT2D eigenvalue weighted by atomic mass is 10.0. The average Bonchev–Trinajstić information content (AvgIpc) is 3.07.